The zero-order chi connectivity index (χ0) is 15.0. The number of amides is 1. The molecule has 112 valence electrons. The van der Waals surface area contributed by atoms with Crippen molar-refractivity contribution in [3.05, 3.63) is 29.8 Å². The van der Waals surface area contributed by atoms with Crippen molar-refractivity contribution in [2.45, 2.75) is 30.8 Å². The maximum Gasteiger partial charge on any atom is 0.236 e. The maximum atomic E-state index is 11.9. The molecule has 0 bridgehead atoms. The van der Waals surface area contributed by atoms with Crippen LogP contribution in [0.4, 0.5) is 0 Å². The first-order chi connectivity index (χ1) is 9.58. The van der Waals surface area contributed by atoms with Gasteiger partial charge in [0.1, 0.15) is 0 Å². The van der Waals surface area contributed by atoms with Gasteiger partial charge in [0.2, 0.25) is 5.91 Å². The second-order valence-corrected chi connectivity index (χ2v) is 5.55. The smallest absolute Gasteiger partial charge is 0.236 e. The van der Waals surface area contributed by atoms with E-state index in [1.807, 2.05) is 6.92 Å². The van der Waals surface area contributed by atoms with Crippen LogP contribution in [0.15, 0.2) is 29.2 Å². The highest BCUT2D eigenvalue weighted by atomic mass is 32.2. The molecule has 0 aliphatic carbocycles. The highest BCUT2D eigenvalue weighted by Gasteiger charge is 2.15. The van der Waals surface area contributed by atoms with Gasteiger partial charge in [-0.1, -0.05) is 12.1 Å². The predicted molar refractivity (Wildman–Crippen MR) is 84.1 cm³/mol. The van der Waals surface area contributed by atoms with E-state index in [-0.39, 0.29) is 18.0 Å². The van der Waals surface area contributed by atoms with Gasteiger partial charge in [0.15, 0.2) is 0 Å². The molecule has 0 fully saturated rings. The normalized spacial score (nSPS) is 13.8. The van der Waals surface area contributed by atoms with Crippen molar-refractivity contribution in [2.24, 2.45) is 0 Å². The van der Waals surface area contributed by atoms with E-state index in [0.717, 1.165) is 0 Å². The number of ether oxygens (including phenoxy) is 1. The Kier molecular flexibility index (Phi) is 7.65. The van der Waals surface area contributed by atoms with E-state index >= 15 is 0 Å². The Morgan fingerprint density at radius 3 is 2.50 bits per heavy atom. The first-order valence-electron chi connectivity index (χ1n) is 6.75. The Hall–Kier alpha value is -1.04. The van der Waals surface area contributed by atoms with Crippen molar-refractivity contribution in [2.75, 3.05) is 26.5 Å². The quantitative estimate of drug-likeness (QED) is 0.570. The summed E-state index contributed by atoms with van der Waals surface area (Å²) in [5.74, 6) is -0.00497. The summed E-state index contributed by atoms with van der Waals surface area (Å²) in [6.07, 6.45) is 2.06. The molecule has 0 aromatic heterocycles. The van der Waals surface area contributed by atoms with E-state index in [0.29, 0.717) is 13.2 Å². The summed E-state index contributed by atoms with van der Waals surface area (Å²) in [4.78, 5) is 13.1. The van der Waals surface area contributed by atoms with Gasteiger partial charge in [0, 0.05) is 24.6 Å². The second kappa shape index (κ2) is 9.00. The molecule has 0 aliphatic rings. The first kappa shape index (κ1) is 17.0. The zero-order valence-electron chi connectivity index (χ0n) is 12.6. The molecule has 5 heteroatoms. The van der Waals surface area contributed by atoms with Gasteiger partial charge in [0.05, 0.1) is 12.6 Å². The maximum absolute atomic E-state index is 11.9. The first-order valence-corrected chi connectivity index (χ1v) is 7.97. The highest BCUT2D eigenvalue weighted by Crippen LogP contribution is 2.19. The molecule has 0 radical (unpaired) electrons. The van der Waals surface area contributed by atoms with E-state index in [1.54, 1.807) is 18.9 Å². The number of hydrogen-bond acceptors (Lipinski definition) is 4. The number of nitrogens with one attached hydrogen (secondary N) is 2. The van der Waals surface area contributed by atoms with Crippen molar-refractivity contribution in [1.82, 2.24) is 10.6 Å². The average Bonchev–Trinajstić information content (AvgIpc) is 2.47. The Morgan fingerprint density at radius 1 is 1.30 bits per heavy atom. The number of thioether (sulfide) groups is 1. The van der Waals surface area contributed by atoms with Crippen LogP contribution in [0.5, 0.6) is 0 Å². The van der Waals surface area contributed by atoms with Gasteiger partial charge in [-0.05, 0) is 37.8 Å². The summed E-state index contributed by atoms with van der Waals surface area (Å²) >= 11 is 1.72. The van der Waals surface area contributed by atoms with Crippen molar-refractivity contribution >= 4 is 17.7 Å². The lowest BCUT2D eigenvalue weighted by atomic mass is 10.1. The molecule has 1 aromatic rings. The molecule has 4 nitrogen and oxygen atoms in total. The molecule has 1 aromatic carbocycles. The van der Waals surface area contributed by atoms with Crippen molar-refractivity contribution in [3.8, 4) is 0 Å². The van der Waals surface area contributed by atoms with Crippen LogP contribution in [-0.4, -0.2) is 38.5 Å². The van der Waals surface area contributed by atoms with Crippen molar-refractivity contribution < 1.29 is 9.53 Å². The third-order valence-electron chi connectivity index (χ3n) is 3.11. The molecule has 0 saturated heterocycles. The number of carbonyl (C=O) groups excluding carboxylic acids is 1. The Labute approximate surface area is 125 Å². The summed E-state index contributed by atoms with van der Waals surface area (Å²) in [6, 6.07) is 8.29. The van der Waals surface area contributed by atoms with E-state index in [2.05, 4.69) is 48.1 Å². The molecule has 0 aliphatic heterocycles. The predicted octanol–water partition coefficient (Wildman–Crippen LogP) is 2.21. The van der Waals surface area contributed by atoms with Crippen molar-refractivity contribution in [1.29, 1.82) is 0 Å². The molecule has 0 saturated carbocycles. The van der Waals surface area contributed by atoms with E-state index < -0.39 is 0 Å². The third-order valence-corrected chi connectivity index (χ3v) is 3.86. The van der Waals surface area contributed by atoms with E-state index in [9.17, 15) is 4.79 Å². The average molecular weight is 296 g/mol. The number of hydrogen-bond donors (Lipinski definition) is 2. The molecular formula is C15H24N2O2S. The Morgan fingerprint density at radius 2 is 1.95 bits per heavy atom. The number of carbonyl (C=O) groups is 1. The van der Waals surface area contributed by atoms with Gasteiger partial charge in [0.25, 0.3) is 0 Å². The summed E-state index contributed by atoms with van der Waals surface area (Å²) in [5.41, 5.74) is 1.18. The standard InChI is InChI=1S/C15H24N2O2S/c1-11(13-5-7-14(20-4)8-6-13)17-12(2)15(18)16-9-10-19-3/h5-8,11-12,17H,9-10H2,1-4H3,(H,16,18). The van der Waals surface area contributed by atoms with Crippen molar-refractivity contribution in [3.63, 3.8) is 0 Å². The van der Waals surface area contributed by atoms with Crippen LogP contribution in [0, 0.1) is 0 Å². The van der Waals surface area contributed by atoms with Crippen LogP contribution in [-0.2, 0) is 9.53 Å². The molecule has 20 heavy (non-hydrogen) atoms. The van der Waals surface area contributed by atoms with Gasteiger partial charge in [-0.25, -0.2) is 0 Å². The number of methoxy groups -OCH3 is 1. The van der Waals surface area contributed by atoms with Gasteiger partial charge >= 0.3 is 0 Å². The van der Waals surface area contributed by atoms with Crippen LogP contribution in [0.25, 0.3) is 0 Å². The van der Waals surface area contributed by atoms with E-state index in [1.165, 1.54) is 10.5 Å². The van der Waals surface area contributed by atoms with Crippen LogP contribution in [0.2, 0.25) is 0 Å². The fourth-order valence-corrected chi connectivity index (χ4v) is 2.28. The molecule has 2 atom stereocenters. The summed E-state index contributed by atoms with van der Waals surface area (Å²) in [5, 5.41) is 6.13. The lowest BCUT2D eigenvalue weighted by molar-refractivity contribution is -0.123. The molecular weight excluding hydrogens is 272 g/mol. The minimum Gasteiger partial charge on any atom is -0.383 e. The Bertz CT molecular complexity index is 409. The number of rotatable bonds is 8. The van der Waals surface area contributed by atoms with Gasteiger partial charge < -0.3 is 10.1 Å². The molecule has 1 amide bonds. The lowest BCUT2D eigenvalue weighted by Gasteiger charge is -2.20. The SMILES string of the molecule is COCCNC(=O)C(C)NC(C)c1ccc(SC)cc1. The Balaban J connectivity index is 2.47. The second-order valence-electron chi connectivity index (χ2n) is 4.67. The van der Waals surface area contributed by atoms with Crippen LogP contribution < -0.4 is 10.6 Å². The molecule has 2 N–H and O–H groups in total. The van der Waals surface area contributed by atoms with Gasteiger partial charge in [-0.2, -0.15) is 0 Å². The minimum absolute atomic E-state index is 0.00497. The highest BCUT2D eigenvalue weighted by molar-refractivity contribution is 7.98. The summed E-state index contributed by atoms with van der Waals surface area (Å²) < 4.78 is 4.91. The summed E-state index contributed by atoms with van der Waals surface area (Å²) in [7, 11) is 1.62. The molecule has 1 rings (SSSR count). The largest absolute Gasteiger partial charge is 0.383 e. The summed E-state index contributed by atoms with van der Waals surface area (Å²) in [6.45, 7) is 5.00. The van der Waals surface area contributed by atoms with Crippen LogP contribution >= 0.6 is 11.8 Å². The monoisotopic (exact) mass is 296 g/mol. The van der Waals surface area contributed by atoms with Gasteiger partial charge in [-0.15, -0.1) is 11.8 Å². The minimum atomic E-state index is -0.234. The topological polar surface area (TPSA) is 50.4 Å². The fourth-order valence-electron chi connectivity index (χ4n) is 1.87. The molecule has 2 unspecified atom stereocenters. The zero-order valence-corrected chi connectivity index (χ0v) is 13.4. The molecule has 0 heterocycles. The van der Waals surface area contributed by atoms with Gasteiger partial charge in [-0.3, -0.25) is 10.1 Å². The fraction of sp³-hybridized carbons (Fsp3) is 0.533. The van der Waals surface area contributed by atoms with E-state index in [4.69, 9.17) is 4.74 Å². The number of benzene rings is 1. The van der Waals surface area contributed by atoms with Crippen LogP contribution in [0.3, 0.4) is 0 Å². The van der Waals surface area contributed by atoms with Crippen LogP contribution in [0.1, 0.15) is 25.5 Å². The third kappa shape index (κ3) is 5.53. The molecule has 0 spiro atoms. The lowest BCUT2D eigenvalue weighted by Crippen LogP contribution is -2.44.